The molecule has 1 atom stereocenters. The Morgan fingerprint density at radius 2 is 1.64 bits per heavy atom. The topological polar surface area (TPSA) is 47.9 Å². The second-order valence-corrected chi connectivity index (χ2v) is 9.80. The van der Waals surface area contributed by atoms with E-state index in [-0.39, 0.29) is 10.0 Å². The Kier molecular flexibility index (Phi) is 11.6. The van der Waals surface area contributed by atoms with E-state index in [1.165, 1.54) is 19.1 Å². The molecule has 36 heavy (non-hydrogen) atoms. The third kappa shape index (κ3) is 7.08. The number of likely N-dealkylation sites (N-methyl/N-ethyl adjacent to an activating group) is 1. The van der Waals surface area contributed by atoms with Crippen LogP contribution in [-0.4, -0.2) is 41.5 Å². The molecule has 0 amide bonds. The average Bonchev–Trinajstić information content (AvgIpc) is 2.81. The zero-order valence-corrected chi connectivity index (χ0v) is 23.7. The van der Waals surface area contributed by atoms with Crippen LogP contribution in [0.1, 0.15) is 66.0 Å². The predicted octanol–water partition coefficient (Wildman–Crippen LogP) is 7.96. The van der Waals surface area contributed by atoms with Gasteiger partial charge in [0, 0.05) is 30.9 Å². The summed E-state index contributed by atoms with van der Waals surface area (Å²) >= 11 is 12.9. The first kappa shape index (κ1) is 32.1. The SMILES string of the molecule is C=C(NCC(C)C)/C(C)=N/C(C(=C)N(CC)CC)=C(\C)c1ccc(C(O)(CC)C(F)(F)F)c(Cl)c1Cl. The van der Waals surface area contributed by atoms with Crippen LogP contribution in [0.5, 0.6) is 0 Å². The fourth-order valence-electron chi connectivity index (χ4n) is 3.64. The number of hydrogen-bond acceptors (Lipinski definition) is 4. The summed E-state index contributed by atoms with van der Waals surface area (Å²) < 4.78 is 41.1. The number of allylic oxidation sites excluding steroid dienone is 2. The number of rotatable bonds is 12. The number of alkyl halides is 3. The highest BCUT2D eigenvalue weighted by Crippen LogP contribution is 2.47. The first-order chi connectivity index (χ1) is 16.6. The number of nitrogens with zero attached hydrogens (tertiary/aromatic N) is 2. The monoisotopic (exact) mass is 547 g/mol. The van der Waals surface area contributed by atoms with Crippen molar-refractivity contribution in [2.45, 2.75) is 66.7 Å². The first-order valence-electron chi connectivity index (χ1n) is 12.0. The van der Waals surface area contributed by atoms with Crippen LogP contribution in [0.15, 0.2) is 47.4 Å². The molecule has 4 nitrogen and oxygen atoms in total. The van der Waals surface area contributed by atoms with Crippen molar-refractivity contribution in [3.63, 3.8) is 0 Å². The summed E-state index contributed by atoms with van der Waals surface area (Å²) in [4.78, 5) is 6.82. The number of nitrogens with one attached hydrogen (secondary N) is 1. The summed E-state index contributed by atoms with van der Waals surface area (Å²) in [6.45, 7) is 23.3. The Bertz CT molecular complexity index is 1030. The highest BCUT2D eigenvalue weighted by molar-refractivity contribution is 6.43. The Balaban J connectivity index is 3.79. The second kappa shape index (κ2) is 13.0. The molecule has 0 bridgehead atoms. The van der Waals surface area contributed by atoms with E-state index < -0.39 is 23.8 Å². The minimum absolute atomic E-state index is 0.0998. The van der Waals surface area contributed by atoms with Crippen LogP contribution in [-0.2, 0) is 5.60 Å². The van der Waals surface area contributed by atoms with Crippen LogP contribution in [0.2, 0.25) is 10.0 Å². The van der Waals surface area contributed by atoms with Crippen molar-refractivity contribution in [2.75, 3.05) is 19.6 Å². The minimum Gasteiger partial charge on any atom is -0.384 e. The molecule has 0 spiro atoms. The number of hydrogen-bond donors (Lipinski definition) is 2. The smallest absolute Gasteiger partial charge is 0.384 e. The van der Waals surface area contributed by atoms with Gasteiger partial charge in [-0.3, -0.25) is 0 Å². The highest BCUT2D eigenvalue weighted by Gasteiger charge is 2.54. The average molecular weight is 549 g/mol. The van der Waals surface area contributed by atoms with E-state index in [0.717, 1.165) is 6.54 Å². The van der Waals surface area contributed by atoms with Gasteiger partial charge in [0.2, 0.25) is 0 Å². The van der Waals surface area contributed by atoms with Gasteiger partial charge in [-0.05, 0) is 51.2 Å². The van der Waals surface area contributed by atoms with Gasteiger partial charge in [-0.1, -0.05) is 69.3 Å². The lowest BCUT2D eigenvalue weighted by Crippen LogP contribution is -2.42. The lowest BCUT2D eigenvalue weighted by Gasteiger charge is -2.31. The van der Waals surface area contributed by atoms with E-state index in [0.29, 0.717) is 52.9 Å². The van der Waals surface area contributed by atoms with E-state index in [1.54, 1.807) is 6.92 Å². The Hall–Kier alpha value is -1.96. The zero-order valence-electron chi connectivity index (χ0n) is 22.2. The van der Waals surface area contributed by atoms with Crippen molar-refractivity contribution in [2.24, 2.45) is 10.9 Å². The third-order valence-corrected chi connectivity index (χ3v) is 7.01. The van der Waals surface area contributed by atoms with Gasteiger partial charge in [0.25, 0.3) is 0 Å². The molecule has 202 valence electrons. The molecule has 0 saturated heterocycles. The molecule has 1 aromatic rings. The van der Waals surface area contributed by atoms with Gasteiger partial charge in [-0.2, -0.15) is 13.2 Å². The van der Waals surface area contributed by atoms with E-state index in [2.05, 4.69) is 32.3 Å². The van der Waals surface area contributed by atoms with Crippen molar-refractivity contribution in [1.29, 1.82) is 0 Å². The number of aliphatic imine (C=N–C) groups is 1. The fraction of sp³-hybridized carbons (Fsp3) is 0.519. The molecule has 0 radical (unpaired) electrons. The number of halogens is 5. The van der Waals surface area contributed by atoms with E-state index in [4.69, 9.17) is 28.2 Å². The van der Waals surface area contributed by atoms with Gasteiger partial charge in [-0.15, -0.1) is 0 Å². The van der Waals surface area contributed by atoms with Crippen LogP contribution in [0, 0.1) is 5.92 Å². The van der Waals surface area contributed by atoms with Gasteiger partial charge in [-0.25, -0.2) is 4.99 Å². The van der Waals surface area contributed by atoms with Gasteiger partial charge in [0.05, 0.1) is 27.2 Å². The Morgan fingerprint density at radius 1 is 1.08 bits per heavy atom. The van der Waals surface area contributed by atoms with Crippen LogP contribution in [0.4, 0.5) is 13.2 Å². The molecule has 0 aromatic heterocycles. The molecule has 2 N–H and O–H groups in total. The molecular weight excluding hydrogens is 510 g/mol. The molecule has 0 aliphatic heterocycles. The molecular formula is C27H38Cl2F3N3O. The van der Waals surface area contributed by atoms with Gasteiger partial charge < -0.3 is 15.3 Å². The van der Waals surface area contributed by atoms with E-state index in [1.807, 2.05) is 25.7 Å². The summed E-state index contributed by atoms with van der Waals surface area (Å²) in [5, 5.41) is 13.2. The largest absolute Gasteiger partial charge is 0.421 e. The predicted molar refractivity (Wildman–Crippen MR) is 146 cm³/mol. The van der Waals surface area contributed by atoms with E-state index >= 15 is 0 Å². The molecule has 0 aliphatic carbocycles. The lowest BCUT2D eigenvalue weighted by atomic mass is 9.88. The summed E-state index contributed by atoms with van der Waals surface area (Å²) in [6.07, 6.45) is -5.53. The molecule has 0 heterocycles. The highest BCUT2D eigenvalue weighted by atomic mass is 35.5. The molecule has 9 heteroatoms. The molecule has 0 saturated carbocycles. The summed E-state index contributed by atoms with van der Waals surface area (Å²) in [6, 6.07) is 2.60. The fourth-order valence-corrected chi connectivity index (χ4v) is 4.27. The van der Waals surface area contributed by atoms with Crippen molar-refractivity contribution < 1.29 is 18.3 Å². The van der Waals surface area contributed by atoms with Gasteiger partial charge >= 0.3 is 6.18 Å². The van der Waals surface area contributed by atoms with Crippen LogP contribution in [0.3, 0.4) is 0 Å². The number of aliphatic hydroxyl groups is 1. The van der Waals surface area contributed by atoms with Crippen molar-refractivity contribution in [3.8, 4) is 0 Å². The van der Waals surface area contributed by atoms with Crippen molar-refractivity contribution >= 4 is 34.5 Å². The van der Waals surface area contributed by atoms with Gasteiger partial charge in [0.15, 0.2) is 5.60 Å². The maximum absolute atomic E-state index is 13.7. The zero-order chi connectivity index (χ0) is 28.0. The van der Waals surface area contributed by atoms with Crippen LogP contribution < -0.4 is 5.32 Å². The number of benzene rings is 1. The van der Waals surface area contributed by atoms with Crippen molar-refractivity contribution in [1.82, 2.24) is 10.2 Å². The Labute approximate surface area is 223 Å². The first-order valence-corrected chi connectivity index (χ1v) is 12.7. The maximum Gasteiger partial charge on any atom is 0.421 e. The second-order valence-electron chi connectivity index (χ2n) is 9.04. The summed E-state index contributed by atoms with van der Waals surface area (Å²) in [7, 11) is 0. The van der Waals surface area contributed by atoms with Crippen LogP contribution in [0.25, 0.3) is 5.57 Å². The normalized spacial score (nSPS) is 14.9. The quantitative estimate of drug-likeness (QED) is 0.206. The molecule has 0 fully saturated rings. The summed E-state index contributed by atoms with van der Waals surface area (Å²) in [5.41, 5.74) is -0.211. The molecule has 1 rings (SSSR count). The standard InChI is InChI=1S/C27H38Cl2F3N3O/c1-10-26(36,27(30,31)32)22-14-13-21(23(28)24(22)29)17(6)25(20(9)35(11-2)12-3)34-19(8)18(7)33-15-16(4)5/h13-14,16,33,36H,7,9-12,15H2,1-6,8H3/b25-17+,34-19+. The van der Waals surface area contributed by atoms with Crippen molar-refractivity contribution in [3.05, 3.63) is 63.6 Å². The molecule has 1 unspecified atom stereocenters. The summed E-state index contributed by atoms with van der Waals surface area (Å²) in [5.74, 6) is 0.412. The third-order valence-electron chi connectivity index (χ3n) is 6.13. The van der Waals surface area contributed by atoms with Crippen LogP contribution >= 0.6 is 23.2 Å². The maximum atomic E-state index is 13.7. The van der Waals surface area contributed by atoms with E-state index in [9.17, 15) is 18.3 Å². The Morgan fingerprint density at radius 3 is 2.08 bits per heavy atom. The van der Waals surface area contributed by atoms with Gasteiger partial charge in [0.1, 0.15) is 0 Å². The lowest BCUT2D eigenvalue weighted by molar-refractivity contribution is -0.267. The molecule has 0 aliphatic rings. The molecule has 1 aromatic carbocycles. The minimum atomic E-state index is -4.92.